The van der Waals surface area contributed by atoms with Gasteiger partial charge in [-0.25, -0.2) is 0 Å². The predicted octanol–water partition coefficient (Wildman–Crippen LogP) is 17.9. The number of hydrogen-bond acceptors (Lipinski definition) is 1. The number of rotatable bonds is 3. The first kappa shape index (κ1) is 34.5. The van der Waals surface area contributed by atoms with Crippen molar-refractivity contribution in [3.63, 3.8) is 0 Å². The van der Waals surface area contributed by atoms with Gasteiger partial charge in [0.2, 0.25) is 0 Å². The molecule has 0 saturated heterocycles. The SMILES string of the molecule is c1ccc(-n2c3cc4c5ccccc5c5cc(-c6ccc7sc8ccc(-c9ccc%10c(c9)-c9cccc%11cccc-%10c9%11)cc8c7c6)ccc5c4cc3c3c4ccccc4ccc32)cc1. The van der Waals surface area contributed by atoms with E-state index in [1.807, 2.05) is 11.3 Å². The maximum atomic E-state index is 2.48. The first-order valence-corrected chi connectivity index (χ1v) is 23.0. The molecule has 0 radical (unpaired) electrons. The van der Waals surface area contributed by atoms with Crippen LogP contribution in [-0.4, -0.2) is 4.57 Å². The molecule has 294 valence electrons. The molecule has 0 bridgehead atoms. The Balaban J connectivity index is 0.907. The molecule has 0 amide bonds. The fourth-order valence-corrected chi connectivity index (χ4v) is 12.4. The Morgan fingerprint density at radius 3 is 1.58 bits per heavy atom. The zero-order valence-electron chi connectivity index (χ0n) is 34.6. The number of thiophene rings is 1. The Morgan fingerprint density at radius 1 is 0.266 bits per heavy atom. The molecule has 0 saturated carbocycles. The van der Waals surface area contributed by atoms with Gasteiger partial charge in [0.1, 0.15) is 0 Å². The second kappa shape index (κ2) is 12.8. The average Bonchev–Trinajstić information content (AvgIpc) is 4.01. The van der Waals surface area contributed by atoms with Gasteiger partial charge in [-0.3, -0.25) is 0 Å². The van der Waals surface area contributed by atoms with Gasteiger partial charge in [0.15, 0.2) is 0 Å². The second-order valence-corrected chi connectivity index (χ2v) is 18.7. The molecule has 2 heteroatoms. The van der Waals surface area contributed by atoms with E-state index in [0.717, 1.165) is 0 Å². The molecule has 12 aromatic carbocycles. The highest BCUT2D eigenvalue weighted by Gasteiger charge is 2.22. The Bertz CT molecular complexity index is 4350. The number of fused-ring (bicyclic) bond motifs is 17. The number of benzene rings is 12. The summed E-state index contributed by atoms with van der Waals surface area (Å²) in [5, 5.41) is 18.1. The fraction of sp³-hybridized carbons (Fsp3) is 0. The van der Waals surface area contributed by atoms with Gasteiger partial charge in [-0.05, 0) is 165 Å². The molecule has 2 heterocycles. The maximum absolute atomic E-state index is 2.48. The first-order valence-electron chi connectivity index (χ1n) is 22.2. The van der Waals surface area contributed by atoms with Crippen molar-refractivity contribution >= 4 is 107 Å². The standard InChI is InChI=1S/C62H35NS/c1-2-13-42(14-3-1)63-57-27-22-36-10-4-5-15-43(36)62(57)56-34-52-47-26-21-38(30-50(47)44-16-6-7-17-45(44)53(52)35-58(56)63)40-23-28-59-54(32-40)55-33-41(24-29-60(55)64-59)39-20-25-46-48-18-8-11-37-12-9-19-49(61(37)48)51(46)31-39/h1-35H. The van der Waals surface area contributed by atoms with Crippen LogP contribution in [0, 0.1) is 0 Å². The van der Waals surface area contributed by atoms with Gasteiger partial charge in [-0.2, -0.15) is 0 Å². The third-order valence-electron chi connectivity index (χ3n) is 14.3. The third-order valence-corrected chi connectivity index (χ3v) is 15.4. The molecule has 1 aliphatic rings. The normalized spacial score (nSPS) is 12.4. The molecule has 0 atom stereocenters. The van der Waals surface area contributed by atoms with Crippen molar-refractivity contribution in [1.82, 2.24) is 4.57 Å². The van der Waals surface area contributed by atoms with Gasteiger partial charge in [0, 0.05) is 36.6 Å². The minimum atomic E-state index is 1.17. The number of nitrogens with zero attached hydrogens (tertiary/aromatic N) is 1. The molecule has 1 aliphatic carbocycles. The van der Waals surface area contributed by atoms with Crippen LogP contribution in [0.1, 0.15) is 0 Å². The van der Waals surface area contributed by atoms with E-state index in [2.05, 4.69) is 217 Å². The summed E-state index contributed by atoms with van der Waals surface area (Å²) >= 11 is 1.88. The van der Waals surface area contributed by atoms with Crippen LogP contribution in [0.15, 0.2) is 212 Å². The van der Waals surface area contributed by atoms with E-state index in [1.54, 1.807) is 0 Å². The van der Waals surface area contributed by atoms with Crippen molar-refractivity contribution in [3.05, 3.63) is 212 Å². The summed E-state index contributed by atoms with van der Waals surface area (Å²) in [4.78, 5) is 0. The monoisotopic (exact) mass is 825 g/mol. The quantitative estimate of drug-likeness (QED) is 0.156. The Labute approximate surface area is 372 Å². The fourth-order valence-electron chi connectivity index (χ4n) is 11.4. The predicted molar refractivity (Wildman–Crippen MR) is 277 cm³/mol. The third kappa shape index (κ3) is 4.73. The molecule has 0 aliphatic heterocycles. The molecular formula is C62H35NS. The molecule has 15 rings (SSSR count). The summed E-state index contributed by atoms with van der Waals surface area (Å²) in [5.41, 5.74) is 13.9. The van der Waals surface area contributed by atoms with Gasteiger partial charge in [0.25, 0.3) is 0 Å². The van der Waals surface area contributed by atoms with Crippen molar-refractivity contribution in [1.29, 1.82) is 0 Å². The van der Waals surface area contributed by atoms with E-state index in [9.17, 15) is 0 Å². The number of aromatic nitrogens is 1. The highest BCUT2D eigenvalue weighted by Crippen LogP contribution is 2.49. The number of hydrogen-bond donors (Lipinski definition) is 0. The summed E-state index contributed by atoms with van der Waals surface area (Å²) in [6.07, 6.45) is 0. The molecule has 0 fully saturated rings. The molecule has 1 nitrogen and oxygen atoms in total. The second-order valence-electron chi connectivity index (χ2n) is 17.6. The van der Waals surface area contributed by atoms with E-state index in [1.165, 1.54) is 146 Å². The zero-order valence-corrected chi connectivity index (χ0v) is 35.4. The lowest BCUT2D eigenvalue weighted by atomic mass is 9.90. The molecule has 14 aromatic rings. The minimum Gasteiger partial charge on any atom is -0.309 e. The van der Waals surface area contributed by atoms with Crippen LogP contribution in [0.3, 0.4) is 0 Å². The molecule has 64 heavy (non-hydrogen) atoms. The van der Waals surface area contributed by atoms with Crippen molar-refractivity contribution in [2.75, 3.05) is 0 Å². The largest absolute Gasteiger partial charge is 0.309 e. The average molecular weight is 826 g/mol. The van der Waals surface area contributed by atoms with Crippen LogP contribution in [0.25, 0.3) is 146 Å². The van der Waals surface area contributed by atoms with Crippen molar-refractivity contribution in [2.24, 2.45) is 0 Å². The molecular weight excluding hydrogens is 791 g/mol. The topological polar surface area (TPSA) is 4.93 Å². The van der Waals surface area contributed by atoms with Crippen LogP contribution < -0.4 is 0 Å². The van der Waals surface area contributed by atoms with Crippen LogP contribution >= 0.6 is 11.3 Å². The minimum absolute atomic E-state index is 1.17. The van der Waals surface area contributed by atoms with Crippen LogP contribution in [0.5, 0.6) is 0 Å². The van der Waals surface area contributed by atoms with Gasteiger partial charge in [-0.1, -0.05) is 146 Å². The molecule has 0 spiro atoms. The lowest BCUT2D eigenvalue weighted by Crippen LogP contribution is -1.93. The van der Waals surface area contributed by atoms with E-state index >= 15 is 0 Å². The summed E-state index contributed by atoms with van der Waals surface area (Å²) in [7, 11) is 0. The van der Waals surface area contributed by atoms with Gasteiger partial charge in [-0.15, -0.1) is 11.3 Å². The summed E-state index contributed by atoms with van der Waals surface area (Å²) < 4.78 is 5.09. The van der Waals surface area contributed by atoms with Crippen LogP contribution in [0.4, 0.5) is 0 Å². The first-order chi connectivity index (χ1) is 31.7. The maximum Gasteiger partial charge on any atom is 0.0547 e. The molecule has 0 unspecified atom stereocenters. The summed E-state index contributed by atoms with van der Waals surface area (Å²) in [5.74, 6) is 0. The summed E-state index contributed by atoms with van der Waals surface area (Å²) in [6, 6.07) is 79.8. The highest BCUT2D eigenvalue weighted by molar-refractivity contribution is 7.25. The Kier molecular flexibility index (Phi) is 6.89. The summed E-state index contributed by atoms with van der Waals surface area (Å²) in [6.45, 7) is 0. The van der Waals surface area contributed by atoms with Crippen molar-refractivity contribution in [2.45, 2.75) is 0 Å². The van der Waals surface area contributed by atoms with E-state index < -0.39 is 0 Å². The van der Waals surface area contributed by atoms with E-state index in [0.29, 0.717) is 0 Å². The van der Waals surface area contributed by atoms with Crippen LogP contribution in [0.2, 0.25) is 0 Å². The Hall–Kier alpha value is -8.04. The highest BCUT2D eigenvalue weighted by atomic mass is 32.1. The lowest BCUT2D eigenvalue weighted by Gasteiger charge is -2.14. The number of para-hydroxylation sites is 1. The van der Waals surface area contributed by atoms with Gasteiger partial charge >= 0.3 is 0 Å². The van der Waals surface area contributed by atoms with Gasteiger partial charge in [0.05, 0.1) is 11.0 Å². The van der Waals surface area contributed by atoms with Crippen molar-refractivity contribution in [3.8, 4) is 50.2 Å². The Morgan fingerprint density at radius 2 is 0.828 bits per heavy atom. The molecule has 0 N–H and O–H groups in total. The van der Waals surface area contributed by atoms with E-state index in [4.69, 9.17) is 0 Å². The van der Waals surface area contributed by atoms with Gasteiger partial charge < -0.3 is 4.57 Å². The molecule has 2 aromatic heterocycles. The lowest BCUT2D eigenvalue weighted by molar-refractivity contribution is 1.18. The van der Waals surface area contributed by atoms with Crippen LogP contribution in [-0.2, 0) is 0 Å². The van der Waals surface area contributed by atoms with E-state index in [-0.39, 0.29) is 0 Å². The van der Waals surface area contributed by atoms with Crippen molar-refractivity contribution < 1.29 is 0 Å². The zero-order chi connectivity index (χ0) is 41.6. The smallest absolute Gasteiger partial charge is 0.0547 e.